The van der Waals surface area contributed by atoms with Crippen molar-refractivity contribution in [2.24, 2.45) is 0 Å². The fourth-order valence-corrected chi connectivity index (χ4v) is 1.27. The maximum Gasteiger partial charge on any atom is 0.173 e. The van der Waals surface area contributed by atoms with Crippen molar-refractivity contribution < 1.29 is 46.0 Å². The minimum atomic E-state index is -1.33. The molecule has 0 N–H and O–H groups in total. The molecule has 0 bridgehead atoms. The molecule has 0 aromatic heterocycles. The van der Waals surface area contributed by atoms with Crippen LogP contribution in [0.3, 0.4) is 0 Å². The Hall–Kier alpha value is 0.844. The molecule has 1 radical (unpaired) electrons. The minimum absolute atomic E-state index is 0. The topological polar surface area (TPSA) is 46.6 Å². The van der Waals surface area contributed by atoms with Crippen molar-refractivity contribution in [1.29, 1.82) is 0 Å². The van der Waals surface area contributed by atoms with Gasteiger partial charge in [-0.25, -0.2) is 19.8 Å². The van der Waals surface area contributed by atoms with Crippen molar-refractivity contribution in [1.82, 2.24) is 5.06 Å². The van der Waals surface area contributed by atoms with Gasteiger partial charge in [-0.2, -0.15) is 0 Å². The van der Waals surface area contributed by atoms with Crippen LogP contribution in [-0.2, 0) is 52.9 Å². The summed E-state index contributed by atoms with van der Waals surface area (Å²) in [7, 11) is 1.56. The Morgan fingerprint density at radius 3 is 2.54 bits per heavy atom. The molecule has 2 unspecified atom stereocenters. The molecule has 75 valence electrons. The smallest absolute Gasteiger partial charge is 0.173 e. The van der Waals surface area contributed by atoms with Crippen molar-refractivity contribution in [3.63, 3.8) is 0 Å². The quantitative estimate of drug-likeness (QED) is 0.523. The Bertz CT molecular complexity index is 168. The fraction of sp³-hybridized carbons (Fsp3) is 0.857. The first-order valence-electron chi connectivity index (χ1n) is 3.79. The van der Waals surface area contributed by atoms with E-state index in [0.29, 0.717) is 5.75 Å². The molecular formula is C7H14NO3SY-. The summed E-state index contributed by atoms with van der Waals surface area (Å²) in [6.07, 6.45) is 2.52. The molecule has 2 atom stereocenters. The minimum Gasteiger partial charge on any atom is -0.540 e. The molecule has 0 aliphatic heterocycles. The fourth-order valence-electron chi connectivity index (χ4n) is 0.474. The van der Waals surface area contributed by atoms with Crippen LogP contribution in [0.4, 0.5) is 0 Å². The van der Waals surface area contributed by atoms with E-state index in [4.69, 9.17) is 4.28 Å². The zero-order valence-electron chi connectivity index (χ0n) is 8.15. The second kappa shape index (κ2) is 9.40. The normalized spacial score (nSPS) is 14.8. The van der Waals surface area contributed by atoms with Gasteiger partial charge in [0.05, 0.1) is 5.75 Å². The van der Waals surface area contributed by atoms with E-state index in [2.05, 4.69) is 0 Å². The Morgan fingerprint density at radius 1 is 1.62 bits per heavy atom. The van der Waals surface area contributed by atoms with E-state index < -0.39 is 17.1 Å². The number of likely N-dealkylation sites (N-methyl/N-ethyl adjacent to an activating group) is 1. The van der Waals surface area contributed by atoms with E-state index in [9.17, 15) is 9.00 Å². The van der Waals surface area contributed by atoms with Gasteiger partial charge >= 0.3 is 0 Å². The van der Waals surface area contributed by atoms with Crippen LogP contribution >= 0.6 is 0 Å². The molecule has 0 aromatic rings. The number of rotatable bonds is 6. The Balaban J connectivity index is 0. The van der Waals surface area contributed by atoms with Crippen LogP contribution in [0.15, 0.2) is 0 Å². The second-order valence-corrected chi connectivity index (χ2v) is 3.59. The third-order valence-corrected chi connectivity index (χ3v) is 2.43. The summed E-state index contributed by atoms with van der Waals surface area (Å²) in [5, 5.41) is 1.25. The van der Waals surface area contributed by atoms with Crippen LogP contribution < -0.4 is 0 Å². The van der Waals surface area contributed by atoms with Crippen LogP contribution in [0.1, 0.15) is 20.3 Å². The van der Waals surface area contributed by atoms with Crippen LogP contribution in [0.5, 0.6) is 0 Å². The Labute approximate surface area is 107 Å². The number of nitrogens with zero attached hydrogens (tertiary/aromatic N) is 1. The predicted molar refractivity (Wildman–Crippen MR) is 47.3 cm³/mol. The summed E-state index contributed by atoms with van der Waals surface area (Å²) in [5.74, 6) is 0.482. The van der Waals surface area contributed by atoms with Crippen LogP contribution in [0.25, 0.3) is 0 Å². The molecule has 0 saturated heterocycles. The maximum absolute atomic E-state index is 11.0. The van der Waals surface area contributed by atoms with E-state index in [-0.39, 0.29) is 32.7 Å². The number of carbonyl (C=O) groups excluding carboxylic acids is 1. The first-order valence-corrected chi connectivity index (χ1v) is 5.03. The predicted octanol–water partition coefficient (Wildman–Crippen LogP) is 0.419. The van der Waals surface area contributed by atoms with E-state index in [1.54, 1.807) is 20.3 Å². The molecule has 0 aliphatic carbocycles. The number of hydroxylamine groups is 2. The molecule has 0 saturated carbocycles. The summed E-state index contributed by atoms with van der Waals surface area (Å²) in [5.41, 5.74) is 0. The first kappa shape index (κ1) is 16.3. The summed E-state index contributed by atoms with van der Waals surface area (Å²) >= 11 is -1.33. The third kappa shape index (κ3) is 7.88. The van der Waals surface area contributed by atoms with Gasteiger partial charge in [0.1, 0.15) is 0 Å². The van der Waals surface area contributed by atoms with E-state index >= 15 is 0 Å². The average Bonchev–Trinajstić information content (AvgIpc) is 2.03. The van der Waals surface area contributed by atoms with E-state index in [1.807, 2.05) is 6.92 Å². The van der Waals surface area contributed by atoms with Crippen molar-refractivity contribution in [2.45, 2.75) is 26.3 Å². The molecule has 0 heterocycles. The van der Waals surface area contributed by atoms with Crippen LogP contribution in [0.2, 0.25) is 0 Å². The Morgan fingerprint density at radius 2 is 2.15 bits per heavy atom. The first-order chi connectivity index (χ1) is 5.61. The largest absolute Gasteiger partial charge is 0.540 e. The van der Waals surface area contributed by atoms with Crippen molar-refractivity contribution in [3.05, 3.63) is 0 Å². The summed E-state index contributed by atoms with van der Waals surface area (Å²) < 4.78 is 15.9. The number of hydrogen-bond donors (Lipinski definition) is 0. The van der Waals surface area contributed by atoms with Gasteiger partial charge < -0.3 is 4.79 Å². The van der Waals surface area contributed by atoms with Gasteiger partial charge in [-0.1, -0.05) is 19.9 Å². The number of hydrogen-bond acceptors (Lipinski definition) is 4. The van der Waals surface area contributed by atoms with Gasteiger partial charge in [0.2, 0.25) is 0 Å². The van der Waals surface area contributed by atoms with Gasteiger partial charge in [0, 0.05) is 39.8 Å². The van der Waals surface area contributed by atoms with Crippen molar-refractivity contribution in [3.8, 4) is 0 Å². The molecule has 0 aromatic carbocycles. The van der Waals surface area contributed by atoms with Crippen LogP contribution in [-0.4, -0.2) is 34.4 Å². The van der Waals surface area contributed by atoms with E-state index in [1.165, 1.54) is 5.06 Å². The van der Waals surface area contributed by atoms with Crippen molar-refractivity contribution in [2.75, 3.05) is 12.8 Å². The zero-order valence-corrected chi connectivity index (χ0v) is 11.8. The summed E-state index contributed by atoms with van der Waals surface area (Å²) in [6.45, 7) is 3.53. The molecule has 4 nitrogen and oxygen atoms in total. The molecule has 6 heteroatoms. The van der Waals surface area contributed by atoms with Gasteiger partial charge in [-0.3, -0.25) is 0 Å². The zero-order chi connectivity index (χ0) is 9.56. The van der Waals surface area contributed by atoms with E-state index in [0.717, 1.165) is 6.42 Å². The molecule has 13 heavy (non-hydrogen) atoms. The summed E-state index contributed by atoms with van der Waals surface area (Å²) in [6, 6.07) is -0.481. The third-order valence-electron chi connectivity index (χ3n) is 1.29. The maximum atomic E-state index is 11.0. The molecule has 0 amide bonds. The summed E-state index contributed by atoms with van der Waals surface area (Å²) in [4.78, 5) is 10.1. The Kier molecular flexibility index (Phi) is 11.8. The van der Waals surface area contributed by atoms with Gasteiger partial charge in [-0.05, 0) is 6.42 Å². The standard InChI is InChI=1S/C7H14NO3S.Y/c1-4-5-12(10)11-8(3)7(2)6-9;/h7H,4-5H2,1-3H3;/q-1;. The molecule has 0 rings (SSSR count). The van der Waals surface area contributed by atoms with Crippen molar-refractivity contribution >= 4 is 17.4 Å². The molecule has 0 aliphatic rings. The SMILES string of the molecule is CCCS(=O)ON(C)C(C)[C-]=O.[Y]. The van der Waals surface area contributed by atoms with Gasteiger partial charge in [-0.15, -0.1) is 0 Å². The molecule has 0 fully saturated rings. The molecule has 0 spiro atoms. The molecular weight excluding hydrogens is 267 g/mol. The van der Waals surface area contributed by atoms with Gasteiger partial charge in [0.15, 0.2) is 11.1 Å². The second-order valence-electron chi connectivity index (χ2n) is 2.42. The average molecular weight is 281 g/mol. The van der Waals surface area contributed by atoms with Gasteiger partial charge in [0.25, 0.3) is 0 Å². The van der Waals surface area contributed by atoms with Crippen LogP contribution in [0, 0.1) is 0 Å². The monoisotopic (exact) mass is 281 g/mol.